The Hall–Kier alpha value is -2.55. The molecule has 1 aromatic carbocycles. The molecular weight excluding hydrogens is 376 g/mol. The van der Waals surface area contributed by atoms with Gasteiger partial charge in [-0.2, -0.15) is 0 Å². The third-order valence-electron chi connectivity index (χ3n) is 4.95. The van der Waals surface area contributed by atoms with Gasteiger partial charge in [0.15, 0.2) is 0 Å². The van der Waals surface area contributed by atoms with Crippen LogP contribution in [-0.4, -0.2) is 53.2 Å². The van der Waals surface area contributed by atoms with Crippen molar-refractivity contribution in [2.24, 2.45) is 0 Å². The summed E-state index contributed by atoms with van der Waals surface area (Å²) in [5.41, 5.74) is 3.92. The van der Waals surface area contributed by atoms with Crippen LogP contribution in [0.25, 0.3) is 10.2 Å². The molecule has 28 heavy (non-hydrogen) atoms. The number of carbonyl (C=O) groups is 1. The molecule has 2 aromatic heterocycles. The SMILES string of the molecule is Cc1ccn(CCN2CCOCC2)c(=O)c1C(=O)Nc1ccc2ncsc2c1. The molecule has 8 heteroatoms. The van der Waals surface area contributed by atoms with Crippen molar-refractivity contribution in [3.05, 3.63) is 57.5 Å². The van der Waals surface area contributed by atoms with E-state index in [2.05, 4.69) is 15.2 Å². The summed E-state index contributed by atoms with van der Waals surface area (Å²) in [5.74, 6) is -0.382. The fourth-order valence-electron chi connectivity index (χ4n) is 3.32. The van der Waals surface area contributed by atoms with Crippen LogP contribution in [0, 0.1) is 6.92 Å². The van der Waals surface area contributed by atoms with Gasteiger partial charge in [0.25, 0.3) is 11.5 Å². The van der Waals surface area contributed by atoms with E-state index in [4.69, 9.17) is 4.74 Å². The van der Waals surface area contributed by atoms with Gasteiger partial charge in [-0.05, 0) is 36.8 Å². The molecule has 7 nitrogen and oxygen atoms in total. The quantitative estimate of drug-likeness (QED) is 0.714. The molecule has 146 valence electrons. The van der Waals surface area contributed by atoms with E-state index in [1.54, 1.807) is 29.3 Å². The maximum absolute atomic E-state index is 12.9. The van der Waals surface area contributed by atoms with E-state index < -0.39 is 0 Å². The minimum Gasteiger partial charge on any atom is -0.379 e. The topological polar surface area (TPSA) is 76.5 Å². The number of nitrogens with one attached hydrogen (secondary N) is 1. The summed E-state index contributed by atoms with van der Waals surface area (Å²) in [6.45, 7) is 6.28. The molecule has 1 saturated heterocycles. The number of fused-ring (bicyclic) bond motifs is 1. The molecule has 1 fully saturated rings. The van der Waals surface area contributed by atoms with Gasteiger partial charge < -0.3 is 14.6 Å². The van der Waals surface area contributed by atoms with Gasteiger partial charge in [0.2, 0.25) is 0 Å². The average Bonchev–Trinajstić information content (AvgIpc) is 3.16. The second-order valence-electron chi connectivity index (χ2n) is 6.82. The number of pyridine rings is 1. The van der Waals surface area contributed by atoms with E-state index >= 15 is 0 Å². The highest BCUT2D eigenvalue weighted by Gasteiger charge is 2.17. The zero-order valence-corrected chi connectivity index (χ0v) is 16.5. The van der Waals surface area contributed by atoms with Crippen LogP contribution in [-0.2, 0) is 11.3 Å². The third kappa shape index (κ3) is 3.99. The molecule has 1 N–H and O–H groups in total. The van der Waals surface area contributed by atoms with Crippen LogP contribution in [0.3, 0.4) is 0 Å². The Balaban J connectivity index is 1.52. The molecule has 0 unspecified atom stereocenters. The van der Waals surface area contributed by atoms with Crippen LogP contribution in [0.1, 0.15) is 15.9 Å². The molecule has 0 bridgehead atoms. The third-order valence-corrected chi connectivity index (χ3v) is 5.74. The molecule has 1 aliphatic heterocycles. The second-order valence-corrected chi connectivity index (χ2v) is 7.70. The van der Waals surface area contributed by atoms with Crippen molar-refractivity contribution in [1.29, 1.82) is 0 Å². The highest BCUT2D eigenvalue weighted by molar-refractivity contribution is 7.16. The summed E-state index contributed by atoms with van der Waals surface area (Å²) in [6, 6.07) is 7.36. The van der Waals surface area contributed by atoms with Gasteiger partial charge in [0.05, 0.1) is 28.9 Å². The van der Waals surface area contributed by atoms with Crippen molar-refractivity contribution in [2.75, 3.05) is 38.2 Å². The zero-order valence-electron chi connectivity index (χ0n) is 15.7. The van der Waals surface area contributed by atoms with Crippen LogP contribution < -0.4 is 10.9 Å². The predicted octanol–water partition coefficient (Wildman–Crippen LogP) is 2.35. The highest BCUT2D eigenvalue weighted by Crippen LogP contribution is 2.22. The molecule has 0 aliphatic carbocycles. The van der Waals surface area contributed by atoms with Gasteiger partial charge in [-0.1, -0.05) is 0 Å². The number of rotatable bonds is 5. The largest absolute Gasteiger partial charge is 0.379 e. The number of morpholine rings is 1. The number of hydrogen-bond acceptors (Lipinski definition) is 6. The van der Waals surface area contributed by atoms with E-state index in [1.807, 2.05) is 18.2 Å². The average molecular weight is 398 g/mol. The number of benzene rings is 1. The molecule has 0 spiro atoms. The van der Waals surface area contributed by atoms with Crippen LogP contribution in [0.2, 0.25) is 0 Å². The van der Waals surface area contributed by atoms with Crippen molar-refractivity contribution in [2.45, 2.75) is 13.5 Å². The Morgan fingerprint density at radius 2 is 2.07 bits per heavy atom. The van der Waals surface area contributed by atoms with Gasteiger partial charge in [0.1, 0.15) is 5.56 Å². The van der Waals surface area contributed by atoms with Gasteiger partial charge >= 0.3 is 0 Å². The summed E-state index contributed by atoms with van der Waals surface area (Å²) in [4.78, 5) is 32.2. The lowest BCUT2D eigenvalue weighted by Gasteiger charge is -2.26. The van der Waals surface area contributed by atoms with Gasteiger partial charge in [-0.25, -0.2) is 4.98 Å². The fraction of sp³-hybridized carbons (Fsp3) is 0.350. The first kappa shape index (κ1) is 18.8. The number of amides is 1. The van der Waals surface area contributed by atoms with E-state index in [9.17, 15) is 9.59 Å². The lowest BCUT2D eigenvalue weighted by molar-refractivity contribution is 0.0363. The Morgan fingerprint density at radius 1 is 1.25 bits per heavy atom. The Morgan fingerprint density at radius 3 is 2.89 bits per heavy atom. The van der Waals surface area contributed by atoms with E-state index in [0.29, 0.717) is 17.8 Å². The lowest BCUT2D eigenvalue weighted by atomic mass is 10.1. The molecule has 4 rings (SSSR count). The number of anilines is 1. The molecule has 0 saturated carbocycles. The Bertz CT molecular complexity index is 1050. The molecule has 1 amide bonds. The Labute approximate surface area is 166 Å². The van der Waals surface area contributed by atoms with Crippen LogP contribution in [0.4, 0.5) is 5.69 Å². The fourth-order valence-corrected chi connectivity index (χ4v) is 4.03. The summed E-state index contributed by atoms with van der Waals surface area (Å²) in [5, 5.41) is 2.85. The number of ether oxygens (including phenoxy) is 1. The number of hydrogen-bond donors (Lipinski definition) is 1. The van der Waals surface area contributed by atoms with Gasteiger partial charge in [-0.3, -0.25) is 14.5 Å². The standard InChI is InChI=1S/C20H22N4O3S/c1-14-4-5-24(7-6-23-8-10-27-11-9-23)20(26)18(14)19(25)22-15-2-3-16-17(12-15)28-13-21-16/h2-5,12-13H,6-11H2,1H3,(H,22,25). The maximum atomic E-state index is 12.9. The normalized spacial score (nSPS) is 15.0. The van der Waals surface area contributed by atoms with E-state index in [1.165, 1.54) is 11.3 Å². The number of aryl methyl sites for hydroxylation is 1. The van der Waals surface area contributed by atoms with E-state index in [-0.39, 0.29) is 17.0 Å². The molecule has 1 aliphatic rings. The van der Waals surface area contributed by atoms with Crippen LogP contribution in [0.5, 0.6) is 0 Å². The van der Waals surface area contributed by atoms with Crippen LogP contribution in [0.15, 0.2) is 40.8 Å². The second kappa shape index (κ2) is 8.22. The molecular formula is C20H22N4O3S. The van der Waals surface area contributed by atoms with Gasteiger partial charge in [-0.15, -0.1) is 11.3 Å². The smallest absolute Gasteiger partial charge is 0.263 e. The summed E-state index contributed by atoms with van der Waals surface area (Å²) in [7, 11) is 0. The van der Waals surface area contributed by atoms with E-state index in [0.717, 1.165) is 43.1 Å². The van der Waals surface area contributed by atoms with Crippen molar-refractivity contribution >= 4 is 33.1 Å². The lowest BCUT2D eigenvalue weighted by Crippen LogP contribution is -2.40. The summed E-state index contributed by atoms with van der Waals surface area (Å²) < 4.78 is 7.96. The number of nitrogens with zero attached hydrogens (tertiary/aromatic N) is 3. The van der Waals surface area contributed by atoms with Gasteiger partial charge in [0, 0.05) is 38.1 Å². The first-order chi connectivity index (χ1) is 13.6. The van der Waals surface area contributed by atoms with Crippen LogP contribution >= 0.6 is 11.3 Å². The number of thiazole rings is 1. The maximum Gasteiger partial charge on any atom is 0.263 e. The zero-order chi connectivity index (χ0) is 19.5. The monoisotopic (exact) mass is 398 g/mol. The first-order valence-electron chi connectivity index (χ1n) is 9.26. The number of aromatic nitrogens is 2. The minimum atomic E-state index is -0.382. The minimum absolute atomic E-state index is 0.189. The van der Waals surface area contributed by atoms with Crippen molar-refractivity contribution < 1.29 is 9.53 Å². The van der Waals surface area contributed by atoms with Crippen molar-refractivity contribution in [3.8, 4) is 0 Å². The van der Waals surface area contributed by atoms with Crippen molar-refractivity contribution in [3.63, 3.8) is 0 Å². The molecule has 0 radical (unpaired) electrons. The number of carbonyl (C=O) groups excluding carboxylic acids is 1. The summed E-state index contributed by atoms with van der Waals surface area (Å²) in [6.07, 6.45) is 1.76. The Kier molecular flexibility index (Phi) is 5.52. The van der Waals surface area contributed by atoms with Crippen molar-refractivity contribution in [1.82, 2.24) is 14.5 Å². The summed E-state index contributed by atoms with van der Waals surface area (Å²) >= 11 is 1.51. The molecule has 0 atom stereocenters. The first-order valence-corrected chi connectivity index (χ1v) is 10.1. The molecule has 3 heterocycles. The predicted molar refractivity (Wildman–Crippen MR) is 110 cm³/mol. The molecule has 3 aromatic rings. The highest BCUT2D eigenvalue weighted by atomic mass is 32.1.